The maximum Gasteiger partial charge on any atom is 0.0431 e. The van der Waals surface area contributed by atoms with Gasteiger partial charge < -0.3 is 10.4 Å². The van der Waals surface area contributed by atoms with Crippen molar-refractivity contribution in [2.45, 2.75) is 50.9 Å². The van der Waals surface area contributed by atoms with E-state index in [1.165, 1.54) is 32.1 Å². The molecule has 106 valence electrons. The normalized spacial score (nSPS) is 18.3. The second kappa shape index (κ2) is 8.34. The van der Waals surface area contributed by atoms with Crippen molar-refractivity contribution in [2.24, 2.45) is 0 Å². The lowest BCUT2D eigenvalue weighted by atomic mass is 9.83. The molecule has 0 bridgehead atoms. The minimum absolute atomic E-state index is 0.340. The first-order chi connectivity index (χ1) is 9.42. The third kappa shape index (κ3) is 4.63. The van der Waals surface area contributed by atoms with Crippen LogP contribution in [0.25, 0.3) is 0 Å². The van der Waals surface area contributed by atoms with Crippen LogP contribution in [0, 0.1) is 0 Å². The summed E-state index contributed by atoms with van der Waals surface area (Å²) >= 11 is 0. The lowest BCUT2D eigenvalue weighted by molar-refractivity contribution is 0.282. The summed E-state index contributed by atoms with van der Waals surface area (Å²) in [4.78, 5) is 0. The van der Waals surface area contributed by atoms with Crippen LogP contribution in [0.1, 0.15) is 55.6 Å². The van der Waals surface area contributed by atoms with E-state index >= 15 is 0 Å². The molecule has 1 atom stereocenters. The van der Waals surface area contributed by atoms with Crippen molar-refractivity contribution in [1.29, 1.82) is 0 Å². The number of nitrogens with one attached hydrogen (secondary N) is 1. The number of benzene rings is 1. The minimum Gasteiger partial charge on any atom is -0.396 e. The van der Waals surface area contributed by atoms with Gasteiger partial charge in [-0.15, -0.1) is 0 Å². The molecule has 0 heterocycles. The summed E-state index contributed by atoms with van der Waals surface area (Å²) in [7, 11) is 0. The number of rotatable bonds is 8. The molecule has 2 rings (SSSR count). The van der Waals surface area contributed by atoms with Crippen molar-refractivity contribution in [3.05, 3.63) is 35.4 Å². The topological polar surface area (TPSA) is 32.3 Å². The van der Waals surface area contributed by atoms with Crippen molar-refractivity contribution in [2.75, 3.05) is 19.7 Å². The number of hydrogen-bond acceptors (Lipinski definition) is 2. The van der Waals surface area contributed by atoms with Gasteiger partial charge >= 0.3 is 0 Å². The Kier molecular flexibility index (Phi) is 6.38. The van der Waals surface area contributed by atoms with Crippen LogP contribution < -0.4 is 5.32 Å². The van der Waals surface area contributed by atoms with Gasteiger partial charge in [-0.25, -0.2) is 0 Å². The van der Waals surface area contributed by atoms with Gasteiger partial charge in [0.2, 0.25) is 0 Å². The minimum atomic E-state index is 0.340. The second-order valence-electron chi connectivity index (χ2n) is 5.63. The maximum atomic E-state index is 8.72. The van der Waals surface area contributed by atoms with Gasteiger partial charge in [-0.2, -0.15) is 0 Å². The van der Waals surface area contributed by atoms with E-state index in [1.807, 2.05) is 0 Å². The Labute approximate surface area is 117 Å². The number of fused-ring (bicyclic) bond motifs is 1. The van der Waals surface area contributed by atoms with E-state index in [4.69, 9.17) is 5.11 Å². The fourth-order valence-corrected chi connectivity index (χ4v) is 3.06. The third-order valence-electron chi connectivity index (χ3n) is 4.15. The summed E-state index contributed by atoms with van der Waals surface area (Å²) in [6.45, 7) is 2.58. The first-order valence-corrected chi connectivity index (χ1v) is 7.81. The van der Waals surface area contributed by atoms with Crippen molar-refractivity contribution in [1.82, 2.24) is 5.32 Å². The molecule has 1 aliphatic carbocycles. The van der Waals surface area contributed by atoms with E-state index in [9.17, 15) is 0 Å². The molecule has 1 unspecified atom stereocenters. The Bertz CT molecular complexity index is 364. The predicted molar refractivity (Wildman–Crippen MR) is 80.5 cm³/mol. The van der Waals surface area contributed by atoms with Crippen LogP contribution in [0.2, 0.25) is 0 Å². The Hall–Kier alpha value is -0.860. The number of aliphatic hydroxyl groups is 1. The highest BCUT2D eigenvalue weighted by molar-refractivity contribution is 5.32. The van der Waals surface area contributed by atoms with E-state index in [-0.39, 0.29) is 0 Å². The highest BCUT2D eigenvalue weighted by Gasteiger charge is 2.18. The second-order valence-corrected chi connectivity index (χ2v) is 5.63. The highest BCUT2D eigenvalue weighted by atomic mass is 16.2. The first-order valence-electron chi connectivity index (χ1n) is 7.81. The number of aryl methyl sites for hydroxylation is 1. The monoisotopic (exact) mass is 261 g/mol. The fourth-order valence-electron chi connectivity index (χ4n) is 3.06. The van der Waals surface area contributed by atoms with Gasteiger partial charge in [-0.05, 0) is 55.7 Å². The Morgan fingerprint density at radius 3 is 2.84 bits per heavy atom. The zero-order chi connectivity index (χ0) is 13.3. The summed E-state index contributed by atoms with van der Waals surface area (Å²) in [5, 5.41) is 12.3. The smallest absolute Gasteiger partial charge is 0.0431 e. The van der Waals surface area contributed by atoms with Crippen LogP contribution in [-0.4, -0.2) is 24.8 Å². The Morgan fingerprint density at radius 1 is 1.11 bits per heavy atom. The van der Waals surface area contributed by atoms with Gasteiger partial charge in [-0.1, -0.05) is 37.1 Å². The SMILES string of the molecule is OCCCCCCNCC1CCCc2ccccc21. The molecule has 1 aromatic carbocycles. The Morgan fingerprint density at radius 2 is 1.95 bits per heavy atom. The van der Waals surface area contributed by atoms with Crippen LogP contribution in [0.5, 0.6) is 0 Å². The molecule has 0 amide bonds. The molecule has 2 heteroatoms. The van der Waals surface area contributed by atoms with E-state index in [0.29, 0.717) is 12.5 Å². The van der Waals surface area contributed by atoms with E-state index in [1.54, 1.807) is 11.1 Å². The molecule has 1 aliphatic rings. The van der Waals surface area contributed by atoms with Gasteiger partial charge in [0, 0.05) is 13.2 Å². The molecule has 2 nitrogen and oxygen atoms in total. The molecule has 0 radical (unpaired) electrons. The lowest BCUT2D eigenvalue weighted by Gasteiger charge is -2.25. The molecule has 0 fully saturated rings. The Balaban J connectivity index is 1.67. The molecule has 0 aliphatic heterocycles. The van der Waals surface area contributed by atoms with Crippen molar-refractivity contribution < 1.29 is 5.11 Å². The van der Waals surface area contributed by atoms with E-state index in [0.717, 1.165) is 25.9 Å². The summed E-state index contributed by atoms with van der Waals surface area (Å²) in [6, 6.07) is 8.93. The average molecular weight is 261 g/mol. The number of aliphatic hydroxyl groups excluding tert-OH is 1. The van der Waals surface area contributed by atoms with E-state index < -0.39 is 0 Å². The molecule has 1 aromatic rings. The standard InChI is InChI=1S/C17H27NO/c19-13-6-2-1-5-12-18-14-16-10-7-9-15-8-3-4-11-17(15)16/h3-4,8,11,16,18-19H,1-2,5-7,9-10,12-14H2. The van der Waals surface area contributed by atoms with Gasteiger partial charge in [-0.3, -0.25) is 0 Å². The summed E-state index contributed by atoms with van der Waals surface area (Å²) < 4.78 is 0. The largest absolute Gasteiger partial charge is 0.396 e. The van der Waals surface area contributed by atoms with Crippen molar-refractivity contribution >= 4 is 0 Å². The maximum absolute atomic E-state index is 8.72. The third-order valence-corrected chi connectivity index (χ3v) is 4.15. The van der Waals surface area contributed by atoms with Gasteiger partial charge in [0.15, 0.2) is 0 Å². The fraction of sp³-hybridized carbons (Fsp3) is 0.647. The summed E-state index contributed by atoms with van der Waals surface area (Å²) in [5.41, 5.74) is 3.13. The molecule has 19 heavy (non-hydrogen) atoms. The zero-order valence-corrected chi connectivity index (χ0v) is 11.9. The molecular formula is C17H27NO. The molecule has 0 aromatic heterocycles. The van der Waals surface area contributed by atoms with Crippen LogP contribution >= 0.6 is 0 Å². The lowest BCUT2D eigenvalue weighted by Crippen LogP contribution is -2.25. The van der Waals surface area contributed by atoms with E-state index in [2.05, 4.69) is 29.6 Å². The number of unbranched alkanes of at least 4 members (excludes halogenated alkanes) is 3. The van der Waals surface area contributed by atoms with Crippen molar-refractivity contribution in [3.63, 3.8) is 0 Å². The average Bonchev–Trinajstić information content (AvgIpc) is 2.46. The molecule has 0 saturated heterocycles. The summed E-state index contributed by atoms with van der Waals surface area (Å²) in [5.74, 6) is 0.711. The van der Waals surface area contributed by atoms with Crippen LogP contribution in [0.3, 0.4) is 0 Å². The highest BCUT2D eigenvalue weighted by Crippen LogP contribution is 2.30. The van der Waals surface area contributed by atoms with Gasteiger partial charge in [0.05, 0.1) is 0 Å². The van der Waals surface area contributed by atoms with Crippen LogP contribution in [-0.2, 0) is 6.42 Å². The van der Waals surface area contributed by atoms with Gasteiger partial charge in [0.1, 0.15) is 0 Å². The molecule has 2 N–H and O–H groups in total. The first kappa shape index (κ1) is 14.5. The predicted octanol–water partition coefficient (Wildman–Crippen LogP) is 3.25. The molecular weight excluding hydrogens is 234 g/mol. The quantitative estimate of drug-likeness (QED) is 0.704. The zero-order valence-electron chi connectivity index (χ0n) is 11.9. The summed E-state index contributed by atoms with van der Waals surface area (Å²) in [6.07, 6.45) is 8.49. The van der Waals surface area contributed by atoms with Crippen LogP contribution in [0.4, 0.5) is 0 Å². The van der Waals surface area contributed by atoms with Crippen LogP contribution in [0.15, 0.2) is 24.3 Å². The van der Waals surface area contributed by atoms with Crippen molar-refractivity contribution in [3.8, 4) is 0 Å². The molecule has 0 spiro atoms. The molecule has 0 saturated carbocycles. The van der Waals surface area contributed by atoms with Gasteiger partial charge in [0.25, 0.3) is 0 Å². The number of hydrogen-bond donors (Lipinski definition) is 2.